The fraction of sp³-hybridized carbons (Fsp3) is 0.667. The van der Waals surface area contributed by atoms with E-state index >= 15 is 0 Å². The van der Waals surface area contributed by atoms with Crippen molar-refractivity contribution in [2.75, 3.05) is 19.6 Å². The van der Waals surface area contributed by atoms with E-state index in [4.69, 9.17) is 5.11 Å². The molecule has 7 nitrogen and oxygen atoms in total. The maximum Gasteiger partial charge on any atom is 0.322 e. The van der Waals surface area contributed by atoms with Crippen molar-refractivity contribution >= 4 is 17.8 Å². The number of carboxylic acids is 1. The van der Waals surface area contributed by atoms with E-state index in [0.29, 0.717) is 0 Å². The quantitative estimate of drug-likeness (QED) is 0.418. The van der Waals surface area contributed by atoms with E-state index in [2.05, 4.69) is 16.0 Å². The van der Waals surface area contributed by atoms with Crippen LogP contribution in [0.2, 0.25) is 0 Å². The number of amides is 2. The molecule has 92 valence electrons. The van der Waals surface area contributed by atoms with Crippen LogP contribution >= 0.6 is 0 Å². The first-order valence-electron chi connectivity index (χ1n) is 4.90. The summed E-state index contributed by atoms with van der Waals surface area (Å²) in [5.74, 6) is -1.96. The summed E-state index contributed by atoms with van der Waals surface area (Å²) in [5.41, 5.74) is 0. The van der Waals surface area contributed by atoms with Crippen molar-refractivity contribution in [1.82, 2.24) is 16.0 Å². The molecule has 0 saturated heterocycles. The van der Waals surface area contributed by atoms with Crippen LogP contribution in [0.15, 0.2) is 0 Å². The zero-order valence-electron chi connectivity index (χ0n) is 9.37. The van der Waals surface area contributed by atoms with Gasteiger partial charge in [-0.25, -0.2) is 0 Å². The molecule has 0 atom stereocenters. The van der Waals surface area contributed by atoms with E-state index in [-0.39, 0.29) is 25.0 Å². The van der Waals surface area contributed by atoms with Crippen molar-refractivity contribution in [3.05, 3.63) is 0 Å². The van der Waals surface area contributed by atoms with Gasteiger partial charge in [0.25, 0.3) is 0 Å². The molecule has 0 saturated carbocycles. The van der Waals surface area contributed by atoms with Crippen LogP contribution in [0.5, 0.6) is 0 Å². The van der Waals surface area contributed by atoms with Crippen molar-refractivity contribution in [3.8, 4) is 0 Å². The van der Waals surface area contributed by atoms with Crippen LogP contribution in [0.25, 0.3) is 0 Å². The van der Waals surface area contributed by atoms with Crippen molar-refractivity contribution in [2.24, 2.45) is 0 Å². The van der Waals surface area contributed by atoms with Crippen LogP contribution in [0.3, 0.4) is 0 Å². The summed E-state index contributed by atoms with van der Waals surface area (Å²) in [4.78, 5) is 32.2. The lowest BCUT2D eigenvalue weighted by Gasteiger charge is -2.08. The summed E-state index contributed by atoms with van der Waals surface area (Å²) in [7, 11) is 0. The molecule has 0 aromatic carbocycles. The van der Waals surface area contributed by atoms with Gasteiger partial charge < -0.3 is 21.1 Å². The molecule has 7 heteroatoms. The Bertz CT molecular complexity index is 265. The van der Waals surface area contributed by atoms with Gasteiger partial charge in [-0.3, -0.25) is 14.4 Å². The van der Waals surface area contributed by atoms with Crippen LogP contribution < -0.4 is 16.0 Å². The number of carbonyl (C=O) groups is 3. The summed E-state index contributed by atoms with van der Waals surface area (Å²) >= 11 is 0. The van der Waals surface area contributed by atoms with Crippen LogP contribution in [0, 0.1) is 0 Å². The lowest BCUT2D eigenvalue weighted by atomic mass is 10.4. The van der Waals surface area contributed by atoms with Gasteiger partial charge in [-0.2, -0.15) is 0 Å². The third-order valence-corrected chi connectivity index (χ3v) is 1.55. The number of carboxylic acid groups (broad SMARTS) is 1. The van der Waals surface area contributed by atoms with Crippen LogP contribution in [0.1, 0.15) is 13.8 Å². The predicted molar refractivity (Wildman–Crippen MR) is 56.8 cm³/mol. The Labute approximate surface area is 93.6 Å². The average molecular weight is 231 g/mol. The molecule has 16 heavy (non-hydrogen) atoms. The number of carbonyl (C=O) groups excluding carboxylic acids is 2. The Morgan fingerprint density at radius 3 is 2.00 bits per heavy atom. The maximum atomic E-state index is 11.1. The topological polar surface area (TPSA) is 108 Å². The number of aliphatic carboxylic acids is 1. The van der Waals surface area contributed by atoms with Crippen LogP contribution in [0.4, 0.5) is 0 Å². The first kappa shape index (κ1) is 14.4. The van der Waals surface area contributed by atoms with Gasteiger partial charge in [0, 0.05) is 6.04 Å². The molecule has 0 bridgehead atoms. The van der Waals surface area contributed by atoms with Crippen molar-refractivity contribution in [3.63, 3.8) is 0 Å². The van der Waals surface area contributed by atoms with Crippen LogP contribution in [-0.4, -0.2) is 48.6 Å². The smallest absolute Gasteiger partial charge is 0.322 e. The highest BCUT2D eigenvalue weighted by atomic mass is 16.4. The summed E-state index contributed by atoms with van der Waals surface area (Å²) in [6.07, 6.45) is 0. The molecule has 0 fully saturated rings. The highest BCUT2D eigenvalue weighted by molar-refractivity contribution is 5.87. The zero-order chi connectivity index (χ0) is 12.6. The monoisotopic (exact) mass is 231 g/mol. The molecular formula is C9H17N3O4. The molecular weight excluding hydrogens is 214 g/mol. The second-order valence-corrected chi connectivity index (χ2v) is 3.48. The van der Waals surface area contributed by atoms with Crippen molar-refractivity contribution in [1.29, 1.82) is 0 Å². The van der Waals surface area contributed by atoms with Crippen molar-refractivity contribution < 1.29 is 19.5 Å². The van der Waals surface area contributed by atoms with E-state index in [9.17, 15) is 14.4 Å². The van der Waals surface area contributed by atoms with Gasteiger partial charge in [-0.05, 0) is 0 Å². The molecule has 0 aromatic heterocycles. The zero-order valence-corrected chi connectivity index (χ0v) is 9.37. The van der Waals surface area contributed by atoms with Gasteiger partial charge in [0.1, 0.15) is 6.54 Å². The van der Waals surface area contributed by atoms with Gasteiger partial charge in [0.05, 0.1) is 13.1 Å². The number of hydrogen-bond donors (Lipinski definition) is 4. The van der Waals surface area contributed by atoms with Gasteiger partial charge >= 0.3 is 5.97 Å². The van der Waals surface area contributed by atoms with E-state index in [1.165, 1.54) is 0 Å². The molecule has 4 N–H and O–H groups in total. The van der Waals surface area contributed by atoms with Gasteiger partial charge in [0.2, 0.25) is 11.8 Å². The molecule has 2 amide bonds. The predicted octanol–water partition coefficient (Wildman–Crippen LogP) is -1.70. The SMILES string of the molecule is CC(C)NCC(=O)NCC(=O)NCC(=O)O. The third kappa shape index (κ3) is 8.95. The Morgan fingerprint density at radius 1 is 1.00 bits per heavy atom. The van der Waals surface area contributed by atoms with Gasteiger partial charge in [0.15, 0.2) is 0 Å². The van der Waals surface area contributed by atoms with E-state index in [1.54, 1.807) is 0 Å². The Kier molecular flexibility index (Phi) is 6.86. The van der Waals surface area contributed by atoms with E-state index in [0.717, 1.165) is 0 Å². The standard InChI is InChI=1S/C9H17N3O4/c1-6(2)10-3-7(13)11-4-8(14)12-5-9(15)16/h6,10H,3-5H2,1-2H3,(H,11,13)(H,12,14)(H,15,16). The average Bonchev–Trinajstić information content (AvgIpc) is 2.20. The molecule has 0 aliphatic rings. The minimum absolute atomic E-state index is 0.129. The first-order chi connectivity index (χ1) is 7.41. The molecule has 0 spiro atoms. The van der Waals surface area contributed by atoms with E-state index in [1.807, 2.05) is 13.8 Å². The van der Waals surface area contributed by atoms with Gasteiger partial charge in [-0.15, -0.1) is 0 Å². The Morgan fingerprint density at radius 2 is 1.50 bits per heavy atom. The number of hydrogen-bond acceptors (Lipinski definition) is 4. The largest absolute Gasteiger partial charge is 0.480 e. The third-order valence-electron chi connectivity index (χ3n) is 1.55. The summed E-state index contributed by atoms with van der Waals surface area (Å²) in [5, 5.41) is 15.6. The minimum Gasteiger partial charge on any atom is -0.480 e. The fourth-order valence-corrected chi connectivity index (χ4v) is 0.775. The molecule has 0 heterocycles. The Hall–Kier alpha value is -1.63. The highest BCUT2D eigenvalue weighted by Gasteiger charge is 2.06. The summed E-state index contributed by atoms with van der Waals surface area (Å²) in [6.45, 7) is 3.26. The molecule has 0 aromatic rings. The van der Waals surface area contributed by atoms with Gasteiger partial charge in [-0.1, -0.05) is 13.8 Å². The molecule has 0 aliphatic heterocycles. The number of rotatable bonds is 7. The molecule has 0 radical (unpaired) electrons. The lowest BCUT2D eigenvalue weighted by Crippen LogP contribution is -2.42. The minimum atomic E-state index is -1.12. The van der Waals surface area contributed by atoms with E-state index < -0.39 is 18.4 Å². The molecule has 0 unspecified atom stereocenters. The summed E-state index contributed by atoms with van der Waals surface area (Å²) < 4.78 is 0. The highest BCUT2D eigenvalue weighted by Crippen LogP contribution is 1.75. The normalized spacial score (nSPS) is 9.94. The second kappa shape index (κ2) is 7.63. The fourth-order valence-electron chi connectivity index (χ4n) is 0.775. The first-order valence-corrected chi connectivity index (χ1v) is 4.90. The molecule has 0 rings (SSSR count). The lowest BCUT2D eigenvalue weighted by molar-refractivity contribution is -0.137. The van der Waals surface area contributed by atoms with Crippen molar-refractivity contribution in [2.45, 2.75) is 19.9 Å². The maximum absolute atomic E-state index is 11.1. The summed E-state index contributed by atoms with van der Waals surface area (Å²) in [6, 6.07) is 0.187. The molecule has 0 aliphatic carbocycles. The second-order valence-electron chi connectivity index (χ2n) is 3.48. The number of nitrogens with one attached hydrogen (secondary N) is 3. The van der Waals surface area contributed by atoms with Crippen LogP contribution in [-0.2, 0) is 14.4 Å². The Balaban J connectivity index is 3.59.